The second-order valence-corrected chi connectivity index (χ2v) is 4.22. The monoisotopic (exact) mass is 249 g/mol. The number of ether oxygens (including phenoxy) is 2. The van der Waals surface area contributed by atoms with Crippen molar-refractivity contribution in [2.75, 3.05) is 19.5 Å². The van der Waals surface area contributed by atoms with Gasteiger partial charge in [-0.05, 0) is 19.3 Å². The van der Waals surface area contributed by atoms with Gasteiger partial charge in [0.1, 0.15) is 12.6 Å². The Morgan fingerprint density at radius 3 is 3.06 bits per heavy atom. The molecule has 1 fully saturated rings. The summed E-state index contributed by atoms with van der Waals surface area (Å²) in [5, 5.41) is 0. The van der Waals surface area contributed by atoms with E-state index >= 15 is 0 Å². The summed E-state index contributed by atoms with van der Waals surface area (Å²) in [6, 6.07) is 0.462. The first-order chi connectivity index (χ1) is 8.81. The molecule has 1 aliphatic heterocycles. The number of aromatic nitrogens is 4. The summed E-state index contributed by atoms with van der Waals surface area (Å²) in [5.41, 5.74) is 7.02. The SMILES string of the molecule is COc1nc2c(N)ncnc2n1C1CCCCO1. The minimum Gasteiger partial charge on any atom is -0.468 e. The van der Waals surface area contributed by atoms with Crippen molar-refractivity contribution in [2.45, 2.75) is 25.5 Å². The van der Waals surface area contributed by atoms with E-state index in [1.807, 2.05) is 4.57 Å². The maximum absolute atomic E-state index is 5.80. The van der Waals surface area contributed by atoms with Crippen LogP contribution in [0.15, 0.2) is 6.33 Å². The molecule has 0 aromatic carbocycles. The number of hydrogen-bond acceptors (Lipinski definition) is 6. The summed E-state index contributed by atoms with van der Waals surface area (Å²) in [6.45, 7) is 0.744. The number of imidazole rings is 1. The summed E-state index contributed by atoms with van der Waals surface area (Å²) in [6.07, 6.45) is 4.47. The molecule has 0 radical (unpaired) electrons. The van der Waals surface area contributed by atoms with Crippen molar-refractivity contribution in [3.05, 3.63) is 6.33 Å². The van der Waals surface area contributed by atoms with Gasteiger partial charge < -0.3 is 15.2 Å². The standard InChI is InChI=1S/C11H15N5O2/c1-17-11-15-8-9(12)13-6-14-10(8)16(11)7-4-2-3-5-18-7/h6-7H,2-5H2,1H3,(H2,12,13,14). The summed E-state index contributed by atoms with van der Waals surface area (Å²) in [4.78, 5) is 12.5. The number of nitrogens with zero attached hydrogens (tertiary/aromatic N) is 4. The van der Waals surface area contributed by atoms with Crippen molar-refractivity contribution in [1.29, 1.82) is 0 Å². The third-order valence-corrected chi connectivity index (χ3v) is 3.10. The van der Waals surface area contributed by atoms with E-state index in [-0.39, 0.29) is 6.23 Å². The minimum absolute atomic E-state index is 0.0898. The zero-order valence-electron chi connectivity index (χ0n) is 10.2. The van der Waals surface area contributed by atoms with Gasteiger partial charge in [0.05, 0.1) is 7.11 Å². The molecule has 2 aromatic heterocycles. The van der Waals surface area contributed by atoms with Crippen LogP contribution in [0.3, 0.4) is 0 Å². The van der Waals surface area contributed by atoms with E-state index in [9.17, 15) is 0 Å². The Morgan fingerprint density at radius 2 is 2.33 bits per heavy atom. The van der Waals surface area contributed by atoms with E-state index < -0.39 is 0 Å². The molecule has 96 valence electrons. The number of methoxy groups -OCH3 is 1. The summed E-state index contributed by atoms with van der Waals surface area (Å²) in [7, 11) is 1.57. The normalized spacial score (nSPS) is 20.2. The maximum atomic E-state index is 5.80. The number of fused-ring (bicyclic) bond motifs is 1. The minimum atomic E-state index is -0.0898. The van der Waals surface area contributed by atoms with E-state index in [0.717, 1.165) is 25.9 Å². The predicted octanol–water partition coefficient (Wildman–Crippen LogP) is 1.12. The van der Waals surface area contributed by atoms with E-state index in [1.54, 1.807) is 7.11 Å². The zero-order valence-corrected chi connectivity index (χ0v) is 10.2. The lowest BCUT2D eigenvalue weighted by Gasteiger charge is -2.24. The Balaban J connectivity index is 2.16. The van der Waals surface area contributed by atoms with Gasteiger partial charge in [0.25, 0.3) is 0 Å². The second kappa shape index (κ2) is 4.41. The highest BCUT2D eigenvalue weighted by Gasteiger charge is 2.24. The largest absolute Gasteiger partial charge is 0.468 e. The van der Waals surface area contributed by atoms with Gasteiger partial charge in [-0.2, -0.15) is 4.98 Å². The van der Waals surface area contributed by atoms with Gasteiger partial charge in [0, 0.05) is 6.61 Å². The Labute approximate surface area is 104 Å². The zero-order chi connectivity index (χ0) is 12.5. The van der Waals surface area contributed by atoms with Crippen LogP contribution in [-0.2, 0) is 4.74 Å². The van der Waals surface area contributed by atoms with Crippen LogP contribution >= 0.6 is 0 Å². The fourth-order valence-corrected chi connectivity index (χ4v) is 2.24. The Morgan fingerprint density at radius 1 is 1.44 bits per heavy atom. The van der Waals surface area contributed by atoms with Crippen molar-refractivity contribution >= 4 is 17.0 Å². The summed E-state index contributed by atoms with van der Waals surface area (Å²) >= 11 is 0. The highest BCUT2D eigenvalue weighted by atomic mass is 16.5. The number of nitrogen functional groups attached to an aromatic ring is 1. The summed E-state index contributed by atoms with van der Waals surface area (Å²) < 4.78 is 12.9. The average Bonchev–Trinajstić information content (AvgIpc) is 2.80. The molecule has 1 aliphatic rings. The molecule has 0 spiro atoms. The van der Waals surface area contributed by atoms with Crippen LogP contribution in [0.5, 0.6) is 6.01 Å². The molecule has 0 bridgehead atoms. The molecule has 3 heterocycles. The van der Waals surface area contributed by atoms with Crippen molar-refractivity contribution in [2.24, 2.45) is 0 Å². The molecule has 3 rings (SSSR count). The Bertz CT molecular complexity index is 562. The van der Waals surface area contributed by atoms with Gasteiger partial charge in [0.15, 0.2) is 17.0 Å². The number of anilines is 1. The van der Waals surface area contributed by atoms with Crippen molar-refractivity contribution in [3.63, 3.8) is 0 Å². The fourth-order valence-electron chi connectivity index (χ4n) is 2.24. The Kier molecular flexibility index (Phi) is 2.75. The van der Waals surface area contributed by atoms with Gasteiger partial charge in [-0.15, -0.1) is 0 Å². The second-order valence-electron chi connectivity index (χ2n) is 4.22. The quantitative estimate of drug-likeness (QED) is 0.857. The maximum Gasteiger partial charge on any atom is 0.300 e. The van der Waals surface area contributed by atoms with Crippen molar-refractivity contribution < 1.29 is 9.47 Å². The molecule has 0 aliphatic carbocycles. The van der Waals surface area contributed by atoms with E-state index in [2.05, 4.69) is 15.0 Å². The van der Waals surface area contributed by atoms with Crippen LogP contribution in [0.25, 0.3) is 11.2 Å². The van der Waals surface area contributed by atoms with Crippen molar-refractivity contribution in [3.8, 4) is 6.01 Å². The van der Waals surface area contributed by atoms with Gasteiger partial charge >= 0.3 is 6.01 Å². The molecule has 1 unspecified atom stereocenters. The van der Waals surface area contributed by atoms with E-state index in [1.165, 1.54) is 6.33 Å². The third-order valence-electron chi connectivity index (χ3n) is 3.10. The molecule has 2 N–H and O–H groups in total. The van der Waals surface area contributed by atoms with Gasteiger partial charge in [-0.25, -0.2) is 9.97 Å². The molecule has 0 saturated carbocycles. The van der Waals surface area contributed by atoms with Crippen molar-refractivity contribution in [1.82, 2.24) is 19.5 Å². The highest BCUT2D eigenvalue weighted by Crippen LogP contribution is 2.31. The molecule has 7 nitrogen and oxygen atoms in total. The lowest BCUT2D eigenvalue weighted by molar-refractivity contribution is -0.0334. The third kappa shape index (κ3) is 1.67. The first kappa shape index (κ1) is 11.2. The smallest absolute Gasteiger partial charge is 0.300 e. The van der Waals surface area contributed by atoms with Crippen LogP contribution in [0.1, 0.15) is 25.5 Å². The Hall–Kier alpha value is -1.89. The lowest BCUT2D eigenvalue weighted by Crippen LogP contribution is -2.19. The summed E-state index contributed by atoms with van der Waals surface area (Å²) in [5.74, 6) is 0.354. The predicted molar refractivity (Wildman–Crippen MR) is 65.1 cm³/mol. The molecule has 1 saturated heterocycles. The van der Waals surface area contributed by atoms with Crippen LogP contribution in [0.2, 0.25) is 0 Å². The number of nitrogens with two attached hydrogens (primary N) is 1. The van der Waals surface area contributed by atoms with Gasteiger partial charge in [-0.3, -0.25) is 4.57 Å². The molecule has 0 amide bonds. The topological polar surface area (TPSA) is 88.1 Å². The van der Waals surface area contributed by atoms with Crippen LogP contribution in [-0.4, -0.2) is 33.2 Å². The molecular formula is C11H15N5O2. The molecule has 2 aromatic rings. The van der Waals surface area contributed by atoms with Crippen LogP contribution in [0.4, 0.5) is 5.82 Å². The fraction of sp³-hybridized carbons (Fsp3) is 0.545. The van der Waals surface area contributed by atoms with Crippen LogP contribution < -0.4 is 10.5 Å². The van der Waals surface area contributed by atoms with Gasteiger partial charge in [0.2, 0.25) is 0 Å². The first-order valence-electron chi connectivity index (χ1n) is 5.95. The number of rotatable bonds is 2. The van der Waals surface area contributed by atoms with E-state index in [4.69, 9.17) is 15.2 Å². The average molecular weight is 249 g/mol. The van der Waals surface area contributed by atoms with Crippen LogP contribution in [0, 0.1) is 0 Å². The highest BCUT2D eigenvalue weighted by molar-refractivity contribution is 5.82. The first-order valence-corrected chi connectivity index (χ1v) is 5.95. The van der Waals surface area contributed by atoms with E-state index in [0.29, 0.717) is 23.0 Å². The molecule has 1 atom stereocenters. The molecule has 7 heteroatoms. The lowest BCUT2D eigenvalue weighted by atomic mass is 10.2. The molecular weight excluding hydrogens is 234 g/mol. The molecule has 18 heavy (non-hydrogen) atoms. The number of hydrogen-bond donors (Lipinski definition) is 1. The van der Waals surface area contributed by atoms with Gasteiger partial charge in [-0.1, -0.05) is 0 Å².